The number of hydrogen-bond donors (Lipinski definition) is 1. The van der Waals surface area contributed by atoms with Gasteiger partial charge in [-0.1, -0.05) is 30.3 Å². The zero-order chi connectivity index (χ0) is 26.7. The van der Waals surface area contributed by atoms with E-state index in [1.165, 1.54) is 0 Å². The maximum absolute atomic E-state index is 10.1. The van der Waals surface area contributed by atoms with E-state index in [1.54, 1.807) is 0 Å². The van der Waals surface area contributed by atoms with E-state index < -0.39 is 5.60 Å². The van der Waals surface area contributed by atoms with Crippen molar-refractivity contribution in [1.29, 1.82) is 0 Å². The molecule has 5 rings (SSSR count). The molecule has 0 aliphatic carbocycles. The largest absolute Gasteiger partial charge is 0.491 e. The fourth-order valence-corrected chi connectivity index (χ4v) is 4.50. The number of aliphatic hydroxyl groups excluding tert-OH is 1. The van der Waals surface area contributed by atoms with Gasteiger partial charge in [0.15, 0.2) is 5.82 Å². The Morgan fingerprint density at radius 2 is 1.92 bits per heavy atom. The highest BCUT2D eigenvalue weighted by atomic mass is 16.5. The zero-order valence-corrected chi connectivity index (χ0v) is 22.4. The monoisotopic (exact) mass is 517 g/mol. The van der Waals surface area contributed by atoms with Crippen LogP contribution < -0.4 is 9.47 Å². The van der Waals surface area contributed by atoms with E-state index in [9.17, 15) is 5.11 Å². The van der Waals surface area contributed by atoms with Crippen molar-refractivity contribution >= 4 is 0 Å². The maximum atomic E-state index is 10.1. The Labute approximate surface area is 223 Å². The van der Waals surface area contributed by atoms with Gasteiger partial charge in [-0.3, -0.25) is 0 Å². The van der Waals surface area contributed by atoms with Crippen molar-refractivity contribution in [1.82, 2.24) is 24.3 Å². The van der Waals surface area contributed by atoms with Crippen LogP contribution >= 0.6 is 0 Å². The summed E-state index contributed by atoms with van der Waals surface area (Å²) in [6.45, 7) is 9.96. The maximum Gasteiger partial charge on any atom is 0.178 e. The third-order valence-corrected chi connectivity index (χ3v) is 6.60. The first-order chi connectivity index (χ1) is 18.3. The Kier molecular flexibility index (Phi) is 7.49. The van der Waals surface area contributed by atoms with Gasteiger partial charge in [-0.2, -0.15) is 5.10 Å². The van der Waals surface area contributed by atoms with Gasteiger partial charge in [-0.05, 0) is 45.4 Å². The van der Waals surface area contributed by atoms with Gasteiger partial charge in [0.1, 0.15) is 41.0 Å². The highest BCUT2D eigenvalue weighted by Crippen LogP contribution is 2.37. The van der Waals surface area contributed by atoms with Gasteiger partial charge in [0.25, 0.3) is 0 Å². The van der Waals surface area contributed by atoms with Crippen LogP contribution in [0.15, 0.2) is 54.7 Å². The molecule has 0 fully saturated rings. The lowest BCUT2D eigenvalue weighted by Crippen LogP contribution is -2.38. The Hall–Kier alpha value is -3.69. The van der Waals surface area contributed by atoms with Crippen molar-refractivity contribution in [2.45, 2.75) is 58.9 Å². The van der Waals surface area contributed by atoms with Crippen LogP contribution in [0.1, 0.15) is 44.6 Å². The van der Waals surface area contributed by atoms with E-state index in [4.69, 9.17) is 19.2 Å². The molecule has 1 unspecified atom stereocenters. The van der Waals surface area contributed by atoms with Crippen LogP contribution in [0, 0.1) is 6.92 Å². The number of benzene rings is 2. The molecule has 0 amide bonds. The van der Waals surface area contributed by atoms with Crippen molar-refractivity contribution in [3.63, 3.8) is 0 Å². The number of rotatable bonds is 10. The molecule has 38 heavy (non-hydrogen) atoms. The van der Waals surface area contributed by atoms with Gasteiger partial charge in [-0.15, -0.1) is 0 Å². The Morgan fingerprint density at radius 1 is 1.11 bits per heavy atom. The quantitative estimate of drug-likeness (QED) is 0.301. The first kappa shape index (κ1) is 25.9. The molecule has 1 aliphatic rings. The summed E-state index contributed by atoms with van der Waals surface area (Å²) in [5, 5.41) is 14.6. The third-order valence-electron chi connectivity index (χ3n) is 6.60. The number of hydrogen-bond acceptors (Lipinski definition) is 7. The molecule has 9 heteroatoms. The highest BCUT2D eigenvalue weighted by molar-refractivity contribution is 5.69. The number of imidazole rings is 1. The minimum Gasteiger partial charge on any atom is -0.491 e. The molecular formula is C29H35N5O4. The predicted octanol–water partition coefficient (Wildman–Crippen LogP) is 4.83. The van der Waals surface area contributed by atoms with Crippen LogP contribution in [0.2, 0.25) is 0 Å². The lowest BCUT2D eigenvalue weighted by atomic mass is 10.0. The van der Waals surface area contributed by atoms with Crippen molar-refractivity contribution < 1.29 is 19.3 Å². The molecule has 2 aromatic heterocycles. The van der Waals surface area contributed by atoms with E-state index >= 15 is 0 Å². The second-order valence-corrected chi connectivity index (χ2v) is 10.2. The minimum absolute atomic E-state index is 0.136. The molecule has 1 N–H and O–H groups in total. The minimum atomic E-state index is -0.792. The Balaban J connectivity index is 1.32. The predicted molar refractivity (Wildman–Crippen MR) is 144 cm³/mol. The Bertz CT molecular complexity index is 1380. The molecule has 0 saturated carbocycles. The van der Waals surface area contributed by atoms with E-state index in [1.807, 2.05) is 73.3 Å². The van der Waals surface area contributed by atoms with Gasteiger partial charge >= 0.3 is 0 Å². The van der Waals surface area contributed by atoms with E-state index in [2.05, 4.69) is 28.5 Å². The first-order valence-corrected chi connectivity index (χ1v) is 13.0. The standard InChI is InChI=1S/C29H35N5O4/c1-20(2)34-28(30-21(3)32-34)25-17-33-13-15-37-26-16-23(10-11-24(26)27(33)31-25)38-29(4,19-35)12-14-36-18-22-8-6-5-7-9-22/h5-11,16-17,20,35H,12-15,18-19H2,1-4H3. The molecule has 0 radical (unpaired) electrons. The highest BCUT2D eigenvalue weighted by Gasteiger charge is 2.27. The summed E-state index contributed by atoms with van der Waals surface area (Å²) in [5.41, 5.74) is 1.99. The average Bonchev–Trinajstić information content (AvgIpc) is 3.47. The second-order valence-electron chi connectivity index (χ2n) is 10.2. The molecule has 0 bridgehead atoms. The van der Waals surface area contributed by atoms with Crippen molar-refractivity contribution in [3.05, 3.63) is 66.1 Å². The summed E-state index contributed by atoms with van der Waals surface area (Å²) in [6.07, 6.45) is 2.55. The summed E-state index contributed by atoms with van der Waals surface area (Å²) < 4.78 is 22.2. The first-order valence-electron chi connectivity index (χ1n) is 13.0. The van der Waals surface area contributed by atoms with Crippen molar-refractivity contribution in [3.8, 4) is 34.4 Å². The number of fused-ring (bicyclic) bond motifs is 3. The van der Waals surface area contributed by atoms with Crippen LogP contribution in [0.5, 0.6) is 11.5 Å². The summed E-state index contributed by atoms with van der Waals surface area (Å²) >= 11 is 0. The third kappa shape index (κ3) is 5.58. The lowest BCUT2D eigenvalue weighted by molar-refractivity contribution is -0.00996. The van der Waals surface area contributed by atoms with Gasteiger partial charge in [0.05, 0.1) is 31.9 Å². The van der Waals surface area contributed by atoms with Crippen LogP contribution in [0.3, 0.4) is 0 Å². The summed E-state index contributed by atoms with van der Waals surface area (Å²) in [6, 6.07) is 15.9. The molecule has 0 spiro atoms. The SMILES string of the molecule is Cc1nc(-c2cn3c(n2)-c2ccc(OC(C)(CO)CCOCc4ccccc4)cc2OCC3)n(C(C)C)n1. The van der Waals surface area contributed by atoms with Gasteiger partial charge in [0.2, 0.25) is 0 Å². The smallest absolute Gasteiger partial charge is 0.178 e. The summed E-state index contributed by atoms with van der Waals surface area (Å²) in [7, 11) is 0. The van der Waals surface area contributed by atoms with Crippen molar-refractivity contribution in [2.75, 3.05) is 19.8 Å². The molecule has 9 nitrogen and oxygen atoms in total. The number of ether oxygens (including phenoxy) is 3. The normalized spacial score (nSPS) is 14.4. The Morgan fingerprint density at radius 3 is 2.68 bits per heavy atom. The second kappa shape index (κ2) is 11.0. The summed E-state index contributed by atoms with van der Waals surface area (Å²) in [5.74, 6) is 3.61. The van der Waals surface area contributed by atoms with Crippen LogP contribution in [0.4, 0.5) is 0 Å². The van der Waals surface area contributed by atoms with Gasteiger partial charge < -0.3 is 23.9 Å². The lowest BCUT2D eigenvalue weighted by Gasteiger charge is -2.29. The summed E-state index contributed by atoms with van der Waals surface area (Å²) in [4.78, 5) is 9.56. The number of nitrogens with zero attached hydrogens (tertiary/aromatic N) is 5. The van der Waals surface area contributed by atoms with E-state index in [0.717, 1.165) is 34.3 Å². The number of aryl methyl sites for hydroxylation is 1. The molecule has 4 aromatic rings. The number of aliphatic hydroxyl groups is 1. The molecule has 3 heterocycles. The van der Waals surface area contributed by atoms with E-state index in [-0.39, 0.29) is 12.6 Å². The van der Waals surface area contributed by atoms with Crippen LogP contribution in [0.25, 0.3) is 22.9 Å². The average molecular weight is 518 g/mol. The molecule has 2 aromatic carbocycles. The number of aromatic nitrogens is 5. The topological polar surface area (TPSA) is 96.5 Å². The molecule has 200 valence electrons. The molecule has 0 saturated heterocycles. The molecular weight excluding hydrogens is 482 g/mol. The van der Waals surface area contributed by atoms with Gasteiger partial charge in [0, 0.05) is 24.7 Å². The molecule has 1 atom stereocenters. The fraction of sp³-hybridized carbons (Fsp3) is 0.414. The van der Waals surface area contributed by atoms with E-state index in [0.29, 0.717) is 44.3 Å². The fourth-order valence-electron chi connectivity index (χ4n) is 4.50. The van der Waals surface area contributed by atoms with Crippen LogP contribution in [-0.4, -0.2) is 54.8 Å². The van der Waals surface area contributed by atoms with Crippen molar-refractivity contribution in [2.24, 2.45) is 0 Å². The zero-order valence-electron chi connectivity index (χ0n) is 22.4. The van der Waals surface area contributed by atoms with Gasteiger partial charge in [-0.25, -0.2) is 14.6 Å². The van der Waals surface area contributed by atoms with Crippen LogP contribution in [-0.2, 0) is 17.9 Å². The molecule has 1 aliphatic heterocycles.